The number of benzene rings is 1. The van der Waals surface area contributed by atoms with Crippen molar-refractivity contribution >= 4 is 29.7 Å². The van der Waals surface area contributed by atoms with Gasteiger partial charge in [-0.3, -0.25) is 9.59 Å². The van der Waals surface area contributed by atoms with Gasteiger partial charge < -0.3 is 15.0 Å². The summed E-state index contributed by atoms with van der Waals surface area (Å²) in [6, 6.07) is 5.91. The summed E-state index contributed by atoms with van der Waals surface area (Å²) in [6.45, 7) is 6.44. The van der Waals surface area contributed by atoms with Crippen LogP contribution in [-0.2, 0) is 4.79 Å². The molecule has 1 aromatic heterocycles. The summed E-state index contributed by atoms with van der Waals surface area (Å²) < 4.78 is 0. The predicted octanol–water partition coefficient (Wildman–Crippen LogP) is 1.93. The standard InChI is InChI=1S/C19H22N4O3/c1-12-8-9-14-15(11-12)23(10-6-4-3-5-7-16(24)25)18-17(22-14)19(26)21-13(2)20-18/h8-9,11H,2-7,10H2,1H3,(H,21,26)(H,24,25). The Morgan fingerprint density at radius 1 is 1.27 bits per heavy atom. The molecule has 1 aromatic carbocycles. The SMILES string of the molecule is C=c1nc2c(c(=O)[nH]1)=Nc1ccc(C)cc1N2CCCCCCC(=O)O. The van der Waals surface area contributed by atoms with E-state index in [1.807, 2.05) is 30.0 Å². The van der Waals surface area contributed by atoms with Gasteiger partial charge in [0.2, 0.25) is 0 Å². The number of aromatic amines is 1. The van der Waals surface area contributed by atoms with Crippen LogP contribution < -0.4 is 21.3 Å². The van der Waals surface area contributed by atoms with Gasteiger partial charge in [-0.2, -0.15) is 0 Å². The highest BCUT2D eigenvalue weighted by molar-refractivity contribution is 5.76. The van der Waals surface area contributed by atoms with Crippen LogP contribution >= 0.6 is 0 Å². The summed E-state index contributed by atoms with van der Waals surface area (Å²) in [5.41, 5.74) is 2.80. The topological polar surface area (TPSA) is 98.7 Å². The van der Waals surface area contributed by atoms with E-state index in [0.29, 0.717) is 29.6 Å². The number of nitrogens with zero attached hydrogens (tertiary/aromatic N) is 3. The highest BCUT2D eigenvalue weighted by Crippen LogP contribution is 2.35. The number of unbranched alkanes of at least 4 members (excludes halogenated alkanes) is 3. The van der Waals surface area contributed by atoms with Crippen molar-refractivity contribution in [3.8, 4) is 0 Å². The van der Waals surface area contributed by atoms with E-state index in [0.717, 1.165) is 36.2 Å². The second-order valence-electron chi connectivity index (χ2n) is 6.50. The third kappa shape index (κ3) is 3.82. The van der Waals surface area contributed by atoms with E-state index in [-0.39, 0.29) is 12.0 Å². The van der Waals surface area contributed by atoms with Crippen LogP contribution in [0.4, 0.5) is 17.2 Å². The fourth-order valence-electron chi connectivity index (χ4n) is 3.09. The maximum atomic E-state index is 12.3. The quantitative estimate of drug-likeness (QED) is 0.740. The first-order chi connectivity index (χ1) is 12.5. The molecular weight excluding hydrogens is 332 g/mol. The molecule has 0 atom stereocenters. The number of rotatable bonds is 7. The molecule has 136 valence electrons. The Kier molecular flexibility index (Phi) is 5.16. The number of hydrogen-bond acceptors (Lipinski definition) is 5. The average Bonchev–Trinajstić information content (AvgIpc) is 2.57. The van der Waals surface area contributed by atoms with Crippen LogP contribution in [0, 0.1) is 6.92 Å². The molecular formula is C19H22N4O3. The molecule has 26 heavy (non-hydrogen) atoms. The number of hydrogen-bond donors (Lipinski definition) is 2. The van der Waals surface area contributed by atoms with Crippen LogP contribution in [0.2, 0.25) is 0 Å². The van der Waals surface area contributed by atoms with Crippen LogP contribution in [0.1, 0.15) is 37.7 Å². The monoisotopic (exact) mass is 354 g/mol. The highest BCUT2D eigenvalue weighted by atomic mass is 16.4. The molecule has 2 heterocycles. The minimum Gasteiger partial charge on any atom is -0.481 e. The molecule has 0 unspecified atom stereocenters. The maximum absolute atomic E-state index is 12.3. The van der Waals surface area contributed by atoms with Crippen molar-refractivity contribution in [1.82, 2.24) is 9.97 Å². The molecule has 2 aromatic rings. The van der Waals surface area contributed by atoms with Crippen molar-refractivity contribution in [2.45, 2.75) is 39.0 Å². The van der Waals surface area contributed by atoms with Crippen molar-refractivity contribution in [1.29, 1.82) is 0 Å². The first-order valence-corrected chi connectivity index (χ1v) is 8.73. The molecule has 0 saturated carbocycles. The van der Waals surface area contributed by atoms with E-state index in [4.69, 9.17) is 5.11 Å². The highest BCUT2D eigenvalue weighted by Gasteiger charge is 2.22. The number of H-pyrrole nitrogens is 1. The molecule has 3 rings (SSSR count). The van der Waals surface area contributed by atoms with Crippen molar-refractivity contribution < 1.29 is 9.90 Å². The molecule has 0 radical (unpaired) electrons. The summed E-state index contributed by atoms with van der Waals surface area (Å²) in [7, 11) is 0. The van der Waals surface area contributed by atoms with E-state index in [1.54, 1.807) is 0 Å². The number of anilines is 2. The van der Waals surface area contributed by atoms with E-state index in [9.17, 15) is 9.59 Å². The first-order valence-electron chi connectivity index (χ1n) is 8.73. The van der Waals surface area contributed by atoms with Gasteiger partial charge in [0.25, 0.3) is 5.56 Å². The van der Waals surface area contributed by atoms with E-state index < -0.39 is 5.97 Å². The van der Waals surface area contributed by atoms with Gasteiger partial charge in [-0.15, -0.1) is 0 Å². The first kappa shape index (κ1) is 17.8. The van der Waals surface area contributed by atoms with Crippen molar-refractivity contribution in [2.24, 2.45) is 4.99 Å². The Morgan fingerprint density at radius 3 is 2.81 bits per heavy atom. The van der Waals surface area contributed by atoms with Crippen LogP contribution in [0.3, 0.4) is 0 Å². The number of aromatic nitrogens is 2. The Labute approximate surface area is 150 Å². The van der Waals surface area contributed by atoms with Crippen LogP contribution in [0.25, 0.3) is 6.58 Å². The minimum absolute atomic E-state index is 0.204. The lowest BCUT2D eigenvalue weighted by atomic mass is 10.1. The Balaban J connectivity index is 1.86. The minimum atomic E-state index is -0.757. The summed E-state index contributed by atoms with van der Waals surface area (Å²) in [4.78, 5) is 36.4. The Bertz CT molecular complexity index is 997. The lowest BCUT2D eigenvalue weighted by Crippen LogP contribution is -2.42. The van der Waals surface area contributed by atoms with E-state index >= 15 is 0 Å². The van der Waals surface area contributed by atoms with Gasteiger partial charge in [0.05, 0.1) is 11.4 Å². The van der Waals surface area contributed by atoms with Gasteiger partial charge in [0, 0.05) is 13.0 Å². The van der Waals surface area contributed by atoms with Crippen LogP contribution in [-0.4, -0.2) is 27.6 Å². The molecule has 0 spiro atoms. The third-order valence-electron chi connectivity index (χ3n) is 4.36. The molecule has 0 saturated heterocycles. The molecule has 0 amide bonds. The number of carboxylic acids is 1. The van der Waals surface area contributed by atoms with Gasteiger partial charge in [-0.25, -0.2) is 9.98 Å². The second kappa shape index (κ2) is 7.51. The number of aryl methyl sites for hydroxylation is 1. The van der Waals surface area contributed by atoms with Gasteiger partial charge in [0.15, 0.2) is 11.2 Å². The van der Waals surface area contributed by atoms with Gasteiger partial charge in [-0.1, -0.05) is 25.5 Å². The molecule has 0 fully saturated rings. The zero-order valence-corrected chi connectivity index (χ0v) is 14.8. The molecule has 0 bridgehead atoms. The van der Waals surface area contributed by atoms with E-state index in [2.05, 4.69) is 21.5 Å². The fraction of sp³-hybridized carbons (Fsp3) is 0.368. The van der Waals surface area contributed by atoms with Gasteiger partial charge >= 0.3 is 5.97 Å². The van der Waals surface area contributed by atoms with Crippen molar-refractivity contribution in [2.75, 3.05) is 11.4 Å². The Hall–Kier alpha value is -2.96. The summed E-state index contributed by atoms with van der Waals surface area (Å²) in [5, 5.41) is 9.01. The number of fused-ring (bicyclic) bond motifs is 2. The molecule has 1 aliphatic rings. The lowest BCUT2D eigenvalue weighted by Gasteiger charge is -2.28. The summed E-state index contributed by atoms with van der Waals surface area (Å²) in [6.07, 6.45) is 3.53. The third-order valence-corrected chi connectivity index (χ3v) is 4.36. The van der Waals surface area contributed by atoms with Crippen molar-refractivity contribution in [3.05, 3.63) is 45.0 Å². The average molecular weight is 354 g/mol. The fourth-order valence-corrected chi connectivity index (χ4v) is 3.09. The van der Waals surface area contributed by atoms with Crippen LogP contribution in [0.15, 0.2) is 28.0 Å². The van der Waals surface area contributed by atoms with E-state index in [1.165, 1.54) is 0 Å². The van der Waals surface area contributed by atoms with Crippen LogP contribution in [0.5, 0.6) is 0 Å². The van der Waals surface area contributed by atoms with Crippen molar-refractivity contribution in [3.63, 3.8) is 0 Å². The molecule has 0 aliphatic carbocycles. The maximum Gasteiger partial charge on any atom is 0.303 e. The van der Waals surface area contributed by atoms with Gasteiger partial charge in [0.1, 0.15) is 5.48 Å². The largest absolute Gasteiger partial charge is 0.481 e. The summed E-state index contributed by atoms with van der Waals surface area (Å²) >= 11 is 0. The lowest BCUT2D eigenvalue weighted by molar-refractivity contribution is -0.137. The molecule has 2 N–H and O–H groups in total. The smallest absolute Gasteiger partial charge is 0.303 e. The van der Waals surface area contributed by atoms with Gasteiger partial charge in [-0.05, 0) is 37.5 Å². The zero-order chi connectivity index (χ0) is 18.7. The number of nitrogens with one attached hydrogen (secondary N) is 1. The predicted molar refractivity (Wildman–Crippen MR) is 99.7 cm³/mol. The second-order valence-corrected chi connectivity index (χ2v) is 6.50. The zero-order valence-electron chi connectivity index (χ0n) is 14.8. The summed E-state index contributed by atoms with van der Waals surface area (Å²) in [5.74, 6) is -0.227. The molecule has 7 nitrogen and oxygen atoms in total. The normalized spacial score (nSPS) is 12.3. The number of carbonyl (C=O) groups is 1. The molecule has 7 heteroatoms. The molecule has 1 aliphatic heterocycles. The Morgan fingerprint density at radius 2 is 2.04 bits per heavy atom. The number of carboxylic acid groups (broad SMARTS) is 1. The number of aliphatic carboxylic acids is 1.